The predicted octanol–water partition coefficient (Wildman–Crippen LogP) is 3.14. The van der Waals surface area contributed by atoms with Gasteiger partial charge in [0.05, 0.1) is 9.92 Å². The van der Waals surface area contributed by atoms with Gasteiger partial charge in [-0.2, -0.15) is 0 Å². The van der Waals surface area contributed by atoms with Gasteiger partial charge >= 0.3 is 0 Å². The summed E-state index contributed by atoms with van der Waals surface area (Å²) >= 11 is 7.53. The first-order chi connectivity index (χ1) is 9.30. The highest BCUT2D eigenvalue weighted by molar-refractivity contribution is 7.98. The molecule has 0 bridgehead atoms. The van der Waals surface area contributed by atoms with Gasteiger partial charge in [0.2, 0.25) is 10.0 Å². The van der Waals surface area contributed by atoms with Crippen molar-refractivity contribution in [2.45, 2.75) is 36.1 Å². The lowest BCUT2D eigenvalue weighted by Gasteiger charge is -2.19. The molecule has 0 aromatic heterocycles. The first kappa shape index (κ1) is 21.0. The van der Waals surface area contributed by atoms with E-state index in [2.05, 4.69) is 4.72 Å². The van der Waals surface area contributed by atoms with Gasteiger partial charge in [0.15, 0.2) is 0 Å². The fourth-order valence-electron chi connectivity index (χ4n) is 1.86. The molecule has 0 amide bonds. The summed E-state index contributed by atoms with van der Waals surface area (Å²) in [6, 6.07) is 4.47. The van der Waals surface area contributed by atoms with Crippen molar-refractivity contribution in [2.75, 3.05) is 12.8 Å². The van der Waals surface area contributed by atoms with Gasteiger partial charge in [0.1, 0.15) is 0 Å². The highest BCUT2D eigenvalue weighted by atomic mass is 35.5. The van der Waals surface area contributed by atoms with Crippen LogP contribution in [0, 0.1) is 5.92 Å². The minimum Gasteiger partial charge on any atom is -0.329 e. The van der Waals surface area contributed by atoms with Gasteiger partial charge < -0.3 is 5.73 Å². The zero-order valence-electron chi connectivity index (χ0n) is 12.3. The molecular formula is C13H22Cl2N2O2S2. The Labute approximate surface area is 142 Å². The van der Waals surface area contributed by atoms with Gasteiger partial charge in [-0.15, -0.1) is 24.2 Å². The largest absolute Gasteiger partial charge is 0.329 e. The van der Waals surface area contributed by atoms with E-state index in [0.717, 1.165) is 4.90 Å². The number of hydrogen-bond donors (Lipinski definition) is 2. The van der Waals surface area contributed by atoms with E-state index >= 15 is 0 Å². The topological polar surface area (TPSA) is 72.2 Å². The normalized spacial score (nSPS) is 13.0. The molecule has 0 heterocycles. The third-order valence-electron chi connectivity index (χ3n) is 2.80. The van der Waals surface area contributed by atoms with Crippen LogP contribution in [-0.2, 0) is 10.0 Å². The van der Waals surface area contributed by atoms with Crippen LogP contribution in [0.3, 0.4) is 0 Å². The summed E-state index contributed by atoms with van der Waals surface area (Å²) in [5.74, 6) is 0.369. The molecule has 1 aromatic rings. The van der Waals surface area contributed by atoms with E-state index in [1.54, 1.807) is 12.1 Å². The second-order valence-electron chi connectivity index (χ2n) is 4.98. The molecule has 1 atom stereocenters. The highest BCUT2D eigenvalue weighted by Gasteiger charge is 2.20. The molecule has 0 spiro atoms. The number of nitrogens with one attached hydrogen (secondary N) is 1. The Morgan fingerprint density at radius 3 is 2.43 bits per heavy atom. The van der Waals surface area contributed by atoms with Crippen molar-refractivity contribution in [1.82, 2.24) is 4.72 Å². The number of benzene rings is 1. The second-order valence-corrected chi connectivity index (χ2v) is 7.95. The molecule has 0 saturated carbocycles. The van der Waals surface area contributed by atoms with Crippen LogP contribution in [-0.4, -0.2) is 27.3 Å². The number of thioether (sulfide) groups is 1. The van der Waals surface area contributed by atoms with Gasteiger partial charge in [-0.25, -0.2) is 13.1 Å². The number of halogens is 2. The Kier molecular flexibility index (Phi) is 9.23. The van der Waals surface area contributed by atoms with Crippen LogP contribution in [0.15, 0.2) is 28.0 Å². The Balaban J connectivity index is 0.00000400. The molecular weight excluding hydrogens is 351 g/mol. The molecule has 1 rings (SSSR count). The average Bonchev–Trinajstić information content (AvgIpc) is 2.36. The lowest BCUT2D eigenvalue weighted by atomic mass is 10.1. The third-order valence-corrected chi connectivity index (χ3v) is 5.53. The molecule has 8 heteroatoms. The van der Waals surface area contributed by atoms with Crippen molar-refractivity contribution < 1.29 is 8.42 Å². The van der Waals surface area contributed by atoms with E-state index in [-0.39, 0.29) is 29.9 Å². The molecule has 0 saturated heterocycles. The summed E-state index contributed by atoms with van der Waals surface area (Å²) in [4.78, 5) is 1.02. The van der Waals surface area contributed by atoms with E-state index in [1.165, 1.54) is 17.8 Å². The zero-order valence-corrected chi connectivity index (χ0v) is 15.5. The molecule has 1 aromatic carbocycles. The summed E-state index contributed by atoms with van der Waals surface area (Å²) in [5.41, 5.74) is 5.63. The molecule has 0 aliphatic carbocycles. The standard InChI is InChI=1S/C13H21ClN2O2S2.ClH/c1-9(2)6-10(8-15)16-20(17,18)11-4-5-13(19-3)12(14)7-11;/h4-5,7,9-10,16H,6,8,15H2,1-3H3;1H. The zero-order chi connectivity index (χ0) is 15.3. The van der Waals surface area contributed by atoms with Crippen LogP contribution in [0.5, 0.6) is 0 Å². The van der Waals surface area contributed by atoms with E-state index in [0.29, 0.717) is 17.4 Å². The average molecular weight is 373 g/mol. The first-order valence-corrected chi connectivity index (χ1v) is 9.44. The molecule has 0 fully saturated rings. The maximum Gasteiger partial charge on any atom is 0.240 e. The maximum atomic E-state index is 12.3. The van der Waals surface area contributed by atoms with Crippen LogP contribution < -0.4 is 10.5 Å². The van der Waals surface area contributed by atoms with Crippen LogP contribution >= 0.6 is 35.8 Å². The van der Waals surface area contributed by atoms with Crippen molar-refractivity contribution in [3.63, 3.8) is 0 Å². The van der Waals surface area contributed by atoms with Gasteiger partial charge in [0.25, 0.3) is 0 Å². The van der Waals surface area contributed by atoms with E-state index in [1.807, 2.05) is 20.1 Å². The second kappa shape index (κ2) is 9.22. The number of sulfonamides is 1. The molecule has 21 heavy (non-hydrogen) atoms. The first-order valence-electron chi connectivity index (χ1n) is 6.36. The Bertz CT molecular complexity index is 551. The predicted molar refractivity (Wildman–Crippen MR) is 93.1 cm³/mol. The van der Waals surface area contributed by atoms with Gasteiger partial charge in [-0.3, -0.25) is 0 Å². The van der Waals surface area contributed by atoms with Gasteiger partial charge in [-0.05, 0) is 36.8 Å². The highest BCUT2D eigenvalue weighted by Crippen LogP contribution is 2.27. The Morgan fingerprint density at radius 2 is 2.00 bits per heavy atom. The molecule has 0 aliphatic heterocycles. The Morgan fingerprint density at radius 1 is 1.38 bits per heavy atom. The van der Waals surface area contributed by atoms with Crippen molar-refractivity contribution in [3.8, 4) is 0 Å². The van der Waals surface area contributed by atoms with Crippen LogP contribution in [0.2, 0.25) is 5.02 Å². The maximum absolute atomic E-state index is 12.3. The SMILES string of the molecule is CSc1ccc(S(=O)(=O)NC(CN)CC(C)C)cc1Cl.Cl. The van der Waals surface area contributed by atoms with Crippen molar-refractivity contribution in [1.29, 1.82) is 0 Å². The third kappa shape index (κ3) is 6.34. The minimum absolute atomic E-state index is 0. The van der Waals surface area contributed by atoms with E-state index in [4.69, 9.17) is 17.3 Å². The fourth-order valence-corrected chi connectivity index (χ4v) is 4.09. The smallest absolute Gasteiger partial charge is 0.240 e. The number of nitrogens with two attached hydrogens (primary N) is 1. The summed E-state index contributed by atoms with van der Waals surface area (Å²) < 4.78 is 27.2. The van der Waals surface area contributed by atoms with Crippen molar-refractivity contribution >= 4 is 45.8 Å². The van der Waals surface area contributed by atoms with Crippen LogP contribution in [0.25, 0.3) is 0 Å². The molecule has 4 nitrogen and oxygen atoms in total. The number of rotatable bonds is 7. The summed E-state index contributed by atoms with van der Waals surface area (Å²) in [6.45, 7) is 4.33. The summed E-state index contributed by atoms with van der Waals surface area (Å²) in [5, 5.41) is 0.438. The van der Waals surface area contributed by atoms with Gasteiger partial charge in [0, 0.05) is 17.5 Å². The Hall–Kier alpha value is 0.0200. The fraction of sp³-hybridized carbons (Fsp3) is 0.538. The molecule has 3 N–H and O–H groups in total. The molecule has 1 unspecified atom stereocenters. The van der Waals surface area contributed by atoms with Crippen molar-refractivity contribution in [2.24, 2.45) is 11.7 Å². The molecule has 0 radical (unpaired) electrons. The van der Waals surface area contributed by atoms with Gasteiger partial charge in [-0.1, -0.05) is 25.4 Å². The van der Waals surface area contributed by atoms with Crippen molar-refractivity contribution in [3.05, 3.63) is 23.2 Å². The van der Waals surface area contributed by atoms with E-state index < -0.39 is 10.0 Å². The molecule has 122 valence electrons. The molecule has 0 aliphatic rings. The minimum atomic E-state index is -3.59. The summed E-state index contributed by atoms with van der Waals surface area (Å²) in [6.07, 6.45) is 2.59. The summed E-state index contributed by atoms with van der Waals surface area (Å²) in [7, 11) is -3.59. The lowest BCUT2D eigenvalue weighted by Crippen LogP contribution is -2.40. The quantitative estimate of drug-likeness (QED) is 0.721. The van der Waals surface area contributed by atoms with Crippen LogP contribution in [0.1, 0.15) is 20.3 Å². The van der Waals surface area contributed by atoms with E-state index in [9.17, 15) is 8.42 Å². The van der Waals surface area contributed by atoms with Crippen LogP contribution in [0.4, 0.5) is 0 Å². The number of hydrogen-bond acceptors (Lipinski definition) is 4. The monoisotopic (exact) mass is 372 g/mol. The lowest BCUT2D eigenvalue weighted by molar-refractivity contribution is 0.465.